The van der Waals surface area contributed by atoms with E-state index in [-0.39, 0.29) is 5.91 Å². The Bertz CT molecular complexity index is 804. The summed E-state index contributed by atoms with van der Waals surface area (Å²) in [6, 6.07) is 9.67. The van der Waals surface area contributed by atoms with Crippen molar-refractivity contribution < 1.29 is 19.0 Å². The lowest BCUT2D eigenvalue weighted by Crippen LogP contribution is -2.23. The minimum atomic E-state index is -0.120. The van der Waals surface area contributed by atoms with Crippen molar-refractivity contribution in [3.8, 4) is 17.2 Å². The number of nitrogens with one attached hydrogen (secondary N) is 1. The van der Waals surface area contributed by atoms with Crippen LogP contribution in [-0.4, -0.2) is 33.8 Å². The van der Waals surface area contributed by atoms with Crippen LogP contribution >= 0.6 is 0 Å². The molecule has 5 nitrogen and oxygen atoms in total. The van der Waals surface area contributed by atoms with Crippen molar-refractivity contribution in [2.45, 2.75) is 20.3 Å². The lowest BCUT2D eigenvalue weighted by molar-refractivity contribution is -0.116. The van der Waals surface area contributed by atoms with Gasteiger partial charge < -0.3 is 19.5 Å². The average molecular weight is 369 g/mol. The number of carbonyl (C=O) groups excluding carboxylic acids is 1. The van der Waals surface area contributed by atoms with Gasteiger partial charge in [-0.25, -0.2) is 0 Å². The molecule has 144 valence electrons. The zero-order valence-corrected chi connectivity index (χ0v) is 16.6. The van der Waals surface area contributed by atoms with Gasteiger partial charge in [0.25, 0.3) is 0 Å². The number of aryl methyl sites for hydroxylation is 2. The van der Waals surface area contributed by atoms with Gasteiger partial charge in [-0.15, -0.1) is 0 Å². The Morgan fingerprint density at radius 3 is 2.22 bits per heavy atom. The first kappa shape index (κ1) is 20.4. The maximum Gasteiger partial charge on any atom is 0.244 e. The zero-order chi connectivity index (χ0) is 19.8. The molecule has 0 saturated carbocycles. The molecule has 0 spiro atoms. The van der Waals surface area contributed by atoms with Crippen LogP contribution in [0.4, 0.5) is 0 Å². The summed E-state index contributed by atoms with van der Waals surface area (Å²) in [5.74, 6) is 2.08. The van der Waals surface area contributed by atoms with Gasteiger partial charge in [0.05, 0.1) is 21.3 Å². The number of benzene rings is 2. The lowest BCUT2D eigenvalue weighted by Gasteiger charge is -2.10. The quantitative estimate of drug-likeness (QED) is 0.721. The molecule has 0 saturated heterocycles. The smallest absolute Gasteiger partial charge is 0.244 e. The summed E-state index contributed by atoms with van der Waals surface area (Å²) in [5.41, 5.74) is 4.24. The Labute approximate surface area is 161 Å². The van der Waals surface area contributed by atoms with Gasteiger partial charge in [0.15, 0.2) is 11.5 Å². The predicted octanol–water partition coefficient (Wildman–Crippen LogP) is 3.70. The van der Waals surface area contributed by atoms with Crippen LogP contribution in [0.5, 0.6) is 17.2 Å². The predicted molar refractivity (Wildman–Crippen MR) is 108 cm³/mol. The molecule has 0 aliphatic heterocycles. The van der Waals surface area contributed by atoms with Gasteiger partial charge in [0.1, 0.15) is 5.75 Å². The standard InChI is InChI=1S/C22H27NO4/c1-15-12-18(25-3)13-16(2)19(15)7-9-22(24)23-11-10-17-6-8-20(26-4)21(14-17)27-5/h6-9,12-14H,10-11H2,1-5H3,(H,23,24)/b9-7+. The van der Waals surface area contributed by atoms with Crippen molar-refractivity contribution in [2.75, 3.05) is 27.9 Å². The first-order valence-electron chi connectivity index (χ1n) is 8.80. The van der Waals surface area contributed by atoms with Crippen molar-refractivity contribution in [3.05, 3.63) is 58.7 Å². The average Bonchev–Trinajstić information content (AvgIpc) is 2.66. The van der Waals surface area contributed by atoms with Crippen LogP contribution in [0.3, 0.4) is 0 Å². The number of ether oxygens (including phenoxy) is 3. The molecule has 2 aromatic carbocycles. The first-order chi connectivity index (χ1) is 13.0. The molecule has 0 bridgehead atoms. The van der Waals surface area contributed by atoms with E-state index in [2.05, 4.69) is 5.32 Å². The summed E-state index contributed by atoms with van der Waals surface area (Å²) >= 11 is 0. The highest BCUT2D eigenvalue weighted by atomic mass is 16.5. The molecule has 0 heterocycles. The molecular weight excluding hydrogens is 342 g/mol. The second kappa shape index (κ2) is 9.67. The zero-order valence-electron chi connectivity index (χ0n) is 16.6. The van der Waals surface area contributed by atoms with Crippen LogP contribution in [0.25, 0.3) is 6.08 Å². The number of carbonyl (C=O) groups is 1. The summed E-state index contributed by atoms with van der Waals surface area (Å²) in [6.07, 6.45) is 4.12. The minimum Gasteiger partial charge on any atom is -0.497 e. The van der Waals surface area contributed by atoms with E-state index in [0.717, 1.165) is 28.0 Å². The maximum atomic E-state index is 12.1. The molecule has 1 amide bonds. The fraction of sp³-hybridized carbons (Fsp3) is 0.318. The van der Waals surface area contributed by atoms with Gasteiger partial charge in [0.2, 0.25) is 5.91 Å². The van der Waals surface area contributed by atoms with Crippen LogP contribution < -0.4 is 19.5 Å². The minimum absolute atomic E-state index is 0.120. The molecule has 0 atom stereocenters. The molecule has 0 aliphatic carbocycles. The summed E-state index contributed by atoms with van der Waals surface area (Å²) in [6.45, 7) is 4.55. The molecule has 5 heteroatoms. The highest BCUT2D eigenvalue weighted by molar-refractivity contribution is 5.92. The van der Waals surface area contributed by atoms with E-state index >= 15 is 0 Å². The van der Waals surface area contributed by atoms with E-state index in [0.29, 0.717) is 24.5 Å². The molecule has 2 aromatic rings. The van der Waals surface area contributed by atoms with Crippen molar-refractivity contribution in [3.63, 3.8) is 0 Å². The largest absolute Gasteiger partial charge is 0.497 e. The monoisotopic (exact) mass is 369 g/mol. The third-order valence-corrected chi connectivity index (χ3v) is 4.37. The normalized spacial score (nSPS) is 10.7. The molecule has 0 aliphatic rings. The Hall–Kier alpha value is -2.95. The van der Waals surface area contributed by atoms with Crippen LogP contribution in [0.15, 0.2) is 36.4 Å². The van der Waals surface area contributed by atoms with Gasteiger partial charge in [-0.1, -0.05) is 6.07 Å². The van der Waals surface area contributed by atoms with Crippen molar-refractivity contribution in [1.29, 1.82) is 0 Å². The third-order valence-electron chi connectivity index (χ3n) is 4.37. The Morgan fingerprint density at radius 2 is 1.63 bits per heavy atom. The fourth-order valence-electron chi connectivity index (χ4n) is 2.90. The van der Waals surface area contributed by atoms with Crippen molar-refractivity contribution in [1.82, 2.24) is 5.32 Å². The van der Waals surface area contributed by atoms with Gasteiger partial charge in [-0.05, 0) is 72.9 Å². The second-order valence-electron chi connectivity index (χ2n) is 6.24. The van der Waals surface area contributed by atoms with Gasteiger partial charge in [0, 0.05) is 12.6 Å². The number of methoxy groups -OCH3 is 3. The molecule has 2 rings (SSSR count). The van der Waals surface area contributed by atoms with Crippen LogP contribution in [-0.2, 0) is 11.2 Å². The number of hydrogen-bond donors (Lipinski definition) is 1. The fourth-order valence-corrected chi connectivity index (χ4v) is 2.90. The molecule has 1 N–H and O–H groups in total. The van der Waals surface area contributed by atoms with Crippen LogP contribution in [0.1, 0.15) is 22.3 Å². The molecular formula is C22H27NO4. The van der Waals surface area contributed by atoms with E-state index < -0.39 is 0 Å². The van der Waals surface area contributed by atoms with E-state index in [1.165, 1.54) is 0 Å². The molecule has 0 aromatic heterocycles. The lowest BCUT2D eigenvalue weighted by atomic mass is 10.0. The van der Waals surface area contributed by atoms with E-state index in [1.54, 1.807) is 27.4 Å². The number of hydrogen-bond acceptors (Lipinski definition) is 4. The Kier molecular flexibility index (Phi) is 7.29. The molecule has 0 unspecified atom stereocenters. The molecule has 27 heavy (non-hydrogen) atoms. The summed E-state index contributed by atoms with van der Waals surface area (Å²) in [5, 5.41) is 2.91. The topological polar surface area (TPSA) is 56.8 Å². The maximum absolute atomic E-state index is 12.1. The SMILES string of the molecule is COc1cc(C)c(/C=C/C(=O)NCCc2ccc(OC)c(OC)c2)c(C)c1. The van der Waals surface area contributed by atoms with Gasteiger partial charge >= 0.3 is 0 Å². The molecule has 0 fully saturated rings. The third kappa shape index (κ3) is 5.51. The van der Waals surface area contributed by atoms with Crippen molar-refractivity contribution >= 4 is 12.0 Å². The summed E-state index contributed by atoms with van der Waals surface area (Å²) in [4.78, 5) is 12.1. The Balaban J connectivity index is 1.92. The second-order valence-corrected chi connectivity index (χ2v) is 6.24. The van der Waals surface area contributed by atoms with E-state index in [9.17, 15) is 4.79 Å². The summed E-state index contributed by atoms with van der Waals surface area (Å²) in [7, 11) is 4.86. The van der Waals surface area contributed by atoms with Crippen LogP contribution in [0.2, 0.25) is 0 Å². The number of rotatable bonds is 8. The summed E-state index contributed by atoms with van der Waals surface area (Å²) < 4.78 is 15.8. The Morgan fingerprint density at radius 1 is 0.963 bits per heavy atom. The highest BCUT2D eigenvalue weighted by Crippen LogP contribution is 2.27. The van der Waals surface area contributed by atoms with Crippen molar-refractivity contribution in [2.24, 2.45) is 0 Å². The van der Waals surface area contributed by atoms with Crippen LogP contribution in [0, 0.1) is 13.8 Å². The van der Waals surface area contributed by atoms with E-state index in [4.69, 9.17) is 14.2 Å². The van der Waals surface area contributed by atoms with Gasteiger partial charge in [-0.2, -0.15) is 0 Å². The highest BCUT2D eigenvalue weighted by Gasteiger charge is 2.06. The molecule has 0 radical (unpaired) electrons. The van der Waals surface area contributed by atoms with E-state index in [1.807, 2.05) is 50.3 Å². The number of amides is 1. The van der Waals surface area contributed by atoms with Gasteiger partial charge in [-0.3, -0.25) is 4.79 Å². The first-order valence-corrected chi connectivity index (χ1v) is 8.80.